The summed E-state index contributed by atoms with van der Waals surface area (Å²) in [5.41, 5.74) is 1.15. The fourth-order valence-electron chi connectivity index (χ4n) is 2.93. The molecular weight excluding hydrogens is 359 g/mol. The molecule has 0 bridgehead atoms. The third kappa shape index (κ3) is 3.25. The molecule has 0 unspecified atom stereocenters. The number of para-hydroxylation sites is 1. The van der Waals surface area contributed by atoms with E-state index in [1.54, 1.807) is 66.5 Å². The van der Waals surface area contributed by atoms with Gasteiger partial charge in [-0.3, -0.25) is 4.79 Å². The molecule has 4 aromatic rings. The van der Waals surface area contributed by atoms with Gasteiger partial charge in [-0.25, -0.2) is 9.07 Å². The Balaban J connectivity index is 1.77. The first kappa shape index (κ1) is 17.5. The standard InChI is InChI=1S/C21H17FN4O2/c1-28-16-8-6-7-15(13-16)24-20(27)17-14-23-26(19-10-3-2-9-18(19)22)21(17)25-11-4-5-12-25/h2-14H,1H3,(H,24,27). The second kappa shape index (κ2) is 7.40. The van der Waals surface area contributed by atoms with Crippen molar-refractivity contribution in [2.75, 3.05) is 12.4 Å². The molecule has 0 saturated carbocycles. The van der Waals surface area contributed by atoms with Gasteiger partial charge in [0.25, 0.3) is 5.91 Å². The lowest BCUT2D eigenvalue weighted by Gasteiger charge is -2.12. The molecule has 1 amide bonds. The molecule has 0 spiro atoms. The highest BCUT2D eigenvalue weighted by atomic mass is 19.1. The summed E-state index contributed by atoms with van der Waals surface area (Å²) in [5, 5.41) is 7.11. The molecule has 0 aliphatic heterocycles. The van der Waals surface area contributed by atoms with Crippen molar-refractivity contribution in [3.63, 3.8) is 0 Å². The Morgan fingerprint density at radius 2 is 1.86 bits per heavy atom. The SMILES string of the molecule is COc1cccc(NC(=O)c2cnn(-c3ccccc3F)c2-n2cccc2)c1. The number of aromatic nitrogens is 3. The molecule has 0 saturated heterocycles. The van der Waals surface area contributed by atoms with Crippen LogP contribution >= 0.6 is 0 Å². The van der Waals surface area contributed by atoms with Crippen molar-refractivity contribution in [2.45, 2.75) is 0 Å². The van der Waals surface area contributed by atoms with Crippen LogP contribution in [0.15, 0.2) is 79.3 Å². The predicted molar refractivity (Wildman–Crippen MR) is 104 cm³/mol. The van der Waals surface area contributed by atoms with Gasteiger partial charge in [0, 0.05) is 24.1 Å². The monoisotopic (exact) mass is 376 g/mol. The summed E-state index contributed by atoms with van der Waals surface area (Å²) in [7, 11) is 1.56. The van der Waals surface area contributed by atoms with Crippen LogP contribution in [0.25, 0.3) is 11.5 Å². The van der Waals surface area contributed by atoms with E-state index in [1.165, 1.54) is 16.9 Å². The first-order valence-electron chi connectivity index (χ1n) is 8.59. The van der Waals surface area contributed by atoms with Crippen LogP contribution in [-0.4, -0.2) is 27.4 Å². The van der Waals surface area contributed by atoms with Gasteiger partial charge >= 0.3 is 0 Å². The molecule has 1 N–H and O–H groups in total. The third-order valence-corrected chi connectivity index (χ3v) is 4.25. The van der Waals surface area contributed by atoms with E-state index < -0.39 is 5.82 Å². The Hall–Kier alpha value is -3.87. The van der Waals surface area contributed by atoms with Gasteiger partial charge in [-0.1, -0.05) is 18.2 Å². The zero-order valence-electron chi connectivity index (χ0n) is 15.0. The molecule has 0 atom stereocenters. The van der Waals surface area contributed by atoms with Crippen LogP contribution in [0.4, 0.5) is 10.1 Å². The van der Waals surface area contributed by atoms with Gasteiger partial charge in [-0.05, 0) is 36.4 Å². The summed E-state index contributed by atoms with van der Waals surface area (Å²) in [5.74, 6) is 0.277. The van der Waals surface area contributed by atoms with Gasteiger partial charge in [0.15, 0.2) is 5.82 Å². The third-order valence-electron chi connectivity index (χ3n) is 4.25. The normalized spacial score (nSPS) is 10.6. The maximum absolute atomic E-state index is 14.4. The number of ether oxygens (including phenoxy) is 1. The van der Waals surface area contributed by atoms with Gasteiger partial charge < -0.3 is 14.6 Å². The lowest BCUT2D eigenvalue weighted by molar-refractivity contribution is 0.102. The molecule has 7 heteroatoms. The summed E-state index contributed by atoms with van der Waals surface area (Å²) in [6.07, 6.45) is 4.98. The van der Waals surface area contributed by atoms with Crippen LogP contribution in [0.5, 0.6) is 5.75 Å². The largest absolute Gasteiger partial charge is 0.497 e. The molecule has 0 aliphatic rings. The Morgan fingerprint density at radius 1 is 1.07 bits per heavy atom. The lowest BCUT2D eigenvalue weighted by atomic mass is 10.2. The van der Waals surface area contributed by atoms with Crippen LogP contribution in [0, 0.1) is 5.82 Å². The number of carbonyl (C=O) groups excluding carboxylic acids is 1. The Bertz CT molecular complexity index is 1120. The Kier molecular flexibility index (Phi) is 4.63. The highest BCUT2D eigenvalue weighted by molar-refractivity contribution is 6.06. The summed E-state index contributed by atoms with van der Waals surface area (Å²) in [4.78, 5) is 12.9. The number of benzene rings is 2. The molecule has 2 aromatic heterocycles. The van der Waals surface area contributed by atoms with Gasteiger partial charge in [-0.15, -0.1) is 0 Å². The Labute approximate surface area is 160 Å². The second-order valence-corrected chi connectivity index (χ2v) is 6.02. The van der Waals surface area contributed by atoms with Crippen molar-refractivity contribution >= 4 is 11.6 Å². The van der Waals surface area contributed by atoms with Gasteiger partial charge in [0.2, 0.25) is 0 Å². The van der Waals surface area contributed by atoms with Crippen molar-refractivity contribution in [1.82, 2.24) is 14.3 Å². The van der Waals surface area contributed by atoms with E-state index >= 15 is 0 Å². The van der Waals surface area contributed by atoms with Crippen molar-refractivity contribution in [3.8, 4) is 17.3 Å². The molecule has 4 rings (SSSR count). The highest BCUT2D eigenvalue weighted by Gasteiger charge is 2.21. The van der Waals surface area contributed by atoms with E-state index in [1.807, 2.05) is 12.1 Å². The fourth-order valence-corrected chi connectivity index (χ4v) is 2.93. The quantitative estimate of drug-likeness (QED) is 0.571. The summed E-state index contributed by atoms with van der Waals surface area (Å²) >= 11 is 0. The van der Waals surface area contributed by atoms with E-state index in [4.69, 9.17) is 4.74 Å². The lowest BCUT2D eigenvalue weighted by Crippen LogP contribution is -2.15. The molecule has 0 radical (unpaired) electrons. The van der Waals surface area contributed by atoms with E-state index in [9.17, 15) is 9.18 Å². The number of halogens is 1. The number of methoxy groups -OCH3 is 1. The van der Waals surface area contributed by atoms with Crippen molar-refractivity contribution in [2.24, 2.45) is 0 Å². The minimum Gasteiger partial charge on any atom is -0.497 e. The van der Waals surface area contributed by atoms with Crippen molar-refractivity contribution < 1.29 is 13.9 Å². The highest BCUT2D eigenvalue weighted by Crippen LogP contribution is 2.23. The zero-order chi connectivity index (χ0) is 19.5. The topological polar surface area (TPSA) is 61.1 Å². The van der Waals surface area contributed by atoms with Gasteiger partial charge in [0.05, 0.1) is 13.3 Å². The fraction of sp³-hybridized carbons (Fsp3) is 0.0476. The van der Waals surface area contributed by atoms with Gasteiger partial charge in [-0.2, -0.15) is 5.10 Å². The molecule has 2 aromatic carbocycles. The second-order valence-electron chi connectivity index (χ2n) is 6.02. The Morgan fingerprint density at radius 3 is 2.61 bits per heavy atom. The molecule has 6 nitrogen and oxygen atoms in total. The number of hydrogen-bond acceptors (Lipinski definition) is 3. The van der Waals surface area contributed by atoms with Crippen LogP contribution in [0.3, 0.4) is 0 Å². The molecule has 28 heavy (non-hydrogen) atoms. The molecular formula is C21H17FN4O2. The maximum Gasteiger partial charge on any atom is 0.261 e. The predicted octanol–water partition coefficient (Wildman–Crippen LogP) is 4.06. The first-order valence-corrected chi connectivity index (χ1v) is 8.59. The molecule has 0 aliphatic carbocycles. The molecule has 0 fully saturated rings. The van der Waals surface area contributed by atoms with Crippen molar-refractivity contribution in [1.29, 1.82) is 0 Å². The number of carbonyl (C=O) groups is 1. The first-order chi connectivity index (χ1) is 13.7. The van der Waals surface area contributed by atoms with E-state index in [-0.39, 0.29) is 11.6 Å². The summed E-state index contributed by atoms with van der Waals surface area (Å²) in [6, 6.07) is 17.0. The number of nitrogens with one attached hydrogen (secondary N) is 1. The smallest absolute Gasteiger partial charge is 0.261 e. The summed E-state index contributed by atoms with van der Waals surface area (Å²) in [6.45, 7) is 0. The van der Waals surface area contributed by atoms with E-state index in [0.717, 1.165) is 0 Å². The average Bonchev–Trinajstić information content (AvgIpc) is 3.38. The minimum atomic E-state index is -0.432. The summed E-state index contributed by atoms with van der Waals surface area (Å²) < 4.78 is 22.7. The number of anilines is 1. The number of rotatable bonds is 5. The van der Waals surface area contributed by atoms with Gasteiger partial charge in [0.1, 0.15) is 22.8 Å². The van der Waals surface area contributed by atoms with Crippen LogP contribution in [0.1, 0.15) is 10.4 Å². The molecule has 140 valence electrons. The number of nitrogens with zero attached hydrogens (tertiary/aromatic N) is 3. The van der Waals surface area contributed by atoms with E-state index in [2.05, 4.69) is 10.4 Å². The number of amides is 1. The van der Waals surface area contributed by atoms with Crippen molar-refractivity contribution in [3.05, 3.63) is 90.6 Å². The minimum absolute atomic E-state index is 0.256. The van der Waals surface area contributed by atoms with E-state index in [0.29, 0.717) is 22.8 Å². The average molecular weight is 376 g/mol. The van der Waals surface area contributed by atoms with Crippen LogP contribution in [0.2, 0.25) is 0 Å². The molecule has 2 heterocycles. The maximum atomic E-state index is 14.4. The van der Waals surface area contributed by atoms with Crippen LogP contribution in [-0.2, 0) is 0 Å². The number of hydrogen-bond donors (Lipinski definition) is 1. The zero-order valence-corrected chi connectivity index (χ0v) is 15.0. The van der Waals surface area contributed by atoms with Crippen LogP contribution < -0.4 is 10.1 Å².